The second-order valence-electron chi connectivity index (χ2n) is 8.92. The van der Waals surface area contributed by atoms with E-state index in [1.165, 1.54) is 11.8 Å². The van der Waals surface area contributed by atoms with Gasteiger partial charge in [-0.2, -0.15) is 0 Å². The summed E-state index contributed by atoms with van der Waals surface area (Å²) in [6, 6.07) is 12.1. The largest absolute Gasteiger partial charge is 0.495 e. The maximum Gasteiger partial charge on any atom is 0.253 e. The lowest BCUT2D eigenvalue weighted by Crippen LogP contribution is -2.32. The van der Waals surface area contributed by atoms with Crippen LogP contribution in [0.4, 0.5) is 5.69 Å². The molecule has 2 N–H and O–H groups in total. The van der Waals surface area contributed by atoms with Crippen LogP contribution < -0.4 is 15.4 Å². The van der Waals surface area contributed by atoms with Gasteiger partial charge in [-0.3, -0.25) is 9.59 Å². The molecule has 0 bridgehead atoms. The van der Waals surface area contributed by atoms with Crippen LogP contribution in [-0.4, -0.2) is 39.4 Å². The first-order chi connectivity index (χ1) is 17.7. The van der Waals surface area contributed by atoms with Gasteiger partial charge in [0.2, 0.25) is 5.91 Å². The molecule has 0 unspecified atom stereocenters. The minimum atomic E-state index is -0.407. The van der Waals surface area contributed by atoms with Crippen molar-refractivity contribution in [3.05, 3.63) is 77.1 Å². The van der Waals surface area contributed by atoms with Gasteiger partial charge in [0, 0.05) is 6.54 Å². The number of carbonyl (C=O) groups is 2. The van der Waals surface area contributed by atoms with Crippen molar-refractivity contribution in [3.63, 3.8) is 0 Å². The Morgan fingerprint density at radius 2 is 1.97 bits per heavy atom. The molecule has 0 radical (unpaired) electrons. The van der Waals surface area contributed by atoms with Crippen LogP contribution in [0.1, 0.15) is 48.1 Å². The minimum Gasteiger partial charge on any atom is -0.495 e. The first-order valence-corrected chi connectivity index (χ1v) is 13.3. The van der Waals surface area contributed by atoms with Gasteiger partial charge in [0.15, 0.2) is 11.0 Å². The van der Waals surface area contributed by atoms with E-state index in [1.54, 1.807) is 37.5 Å². The van der Waals surface area contributed by atoms with Gasteiger partial charge in [-0.15, -0.1) is 16.8 Å². The number of ether oxygens (including phenoxy) is 1. The maximum atomic E-state index is 13.0. The third kappa shape index (κ3) is 7.60. The molecule has 3 rings (SSSR count). The van der Waals surface area contributed by atoms with Gasteiger partial charge >= 0.3 is 0 Å². The first kappa shape index (κ1) is 28.3. The summed E-state index contributed by atoms with van der Waals surface area (Å²) in [5.41, 5.74) is 2.01. The van der Waals surface area contributed by atoms with Gasteiger partial charge in [-0.25, -0.2) is 0 Å². The highest BCUT2D eigenvalue weighted by atomic mass is 35.5. The number of aromatic nitrogens is 3. The lowest BCUT2D eigenvalue weighted by molar-refractivity contribution is -0.113. The van der Waals surface area contributed by atoms with E-state index in [-0.39, 0.29) is 23.5 Å². The topological polar surface area (TPSA) is 98.1 Å². The van der Waals surface area contributed by atoms with Crippen LogP contribution in [0.15, 0.2) is 60.3 Å². The van der Waals surface area contributed by atoms with Crippen LogP contribution in [0.5, 0.6) is 5.75 Å². The predicted octanol–water partition coefficient (Wildman–Crippen LogP) is 5.68. The molecule has 10 heteroatoms. The van der Waals surface area contributed by atoms with Crippen LogP contribution in [-0.2, 0) is 11.3 Å². The first-order valence-electron chi connectivity index (χ1n) is 11.9. The van der Waals surface area contributed by atoms with Gasteiger partial charge in [0.25, 0.3) is 5.91 Å². The summed E-state index contributed by atoms with van der Waals surface area (Å²) in [4.78, 5) is 25.8. The molecule has 8 nitrogen and oxygen atoms in total. The Kier molecular flexibility index (Phi) is 10.2. The molecule has 1 atom stereocenters. The molecule has 0 aliphatic carbocycles. The summed E-state index contributed by atoms with van der Waals surface area (Å²) in [7, 11) is 1.56. The normalized spacial score (nSPS) is 11.7. The zero-order valence-electron chi connectivity index (χ0n) is 21.5. The van der Waals surface area contributed by atoms with E-state index < -0.39 is 6.04 Å². The highest BCUT2D eigenvalue weighted by molar-refractivity contribution is 7.99. The molecule has 0 aliphatic rings. The Balaban J connectivity index is 1.79. The lowest BCUT2D eigenvalue weighted by Gasteiger charge is -2.21. The van der Waals surface area contributed by atoms with E-state index in [2.05, 4.69) is 41.3 Å². The SMILES string of the molecule is C=CCn1c(SCC(=O)Nc2cc(C)ccc2OC)nnc1[C@@H](CC(C)C)NC(=O)c1ccccc1Cl. The molecule has 196 valence electrons. The number of halogens is 1. The Morgan fingerprint density at radius 1 is 1.22 bits per heavy atom. The fraction of sp³-hybridized carbons (Fsp3) is 0.333. The number of carbonyl (C=O) groups excluding carboxylic acids is 2. The summed E-state index contributed by atoms with van der Waals surface area (Å²) in [5, 5.41) is 15.6. The molecule has 3 aromatic rings. The number of nitrogens with zero attached hydrogens (tertiary/aromatic N) is 3. The minimum absolute atomic E-state index is 0.118. The van der Waals surface area contributed by atoms with Gasteiger partial charge in [-0.05, 0) is 49.1 Å². The van der Waals surface area contributed by atoms with Crippen molar-refractivity contribution in [2.75, 3.05) is 18.2 Å². The number of nitrogens with one attached hydrogen (secondary N) is 2. The number of allylic oxidation sites excluding steroid dienone is 1. The Bertz CT molecular complexity index is 1260. The van der Waals surface area contributed by atoms with Crippen LogP contribution in [0.3, 0.4) is 0 Å². The number of rotatable bonds is 12. The maximum absolute atomic E-state index is 13.0. The molecule has 1 aromatic heterocycles. The van der Waals surface area contributed by atoms with Crippen LogP contribution in [0.25, 0.3) is 0 Å². The van der Waals surface area contributed by atoms with Crippen LogP contribution >= 0.6 is 23.4 Å². The van der Waals surface area contributed by atoms with Crippen molar-refractivity contribution in [2.24, 2.45) is 5.92 Å². The fourth-order valence-electron chi connectivity index (χ4n) is 3.78. The van der Waals surface area contributed by atoms with Crippen LogP contribution in [0.2, 0.25) is 5.02 Å². The van der Waals surface area contributed by atoms with Gasteiger partial charge in [0.05, 0.1) is 35.2 Å². The van der Waals surface area contributed by atoms with E-state index in [0.717, 1.165) is 5.56 Å². The van der Waals surface area contributed by atoms with Gasteiger partial charge in [-0.1, -0.05) is 61.5 Å². The number of hydrogen-bond acceptors (Lipinski definition) is 6. The van der Waals surface area contributed by atoms with Gasteiger partial charge < -0.3 is 19.9 Å². The smallest absolute Gasteiger partial charge is 0.253 e. The van der Waals surface area contributed by atoms with E-state index in [1.807, 2.05) is 29.7 Å². The standard InChI is InChI=1S/C27H32ClN5O3S/c1-6-13-33-25(22(14-17(2)3)30-26(35)19-9-7-8-10-20(19)28)31-32-27(33)37-16-24(34)29-21-15-18(4)11-12-23(21)36-5/h6-12,15,17,22H,1,13-14,16H2,2-5H3,(H,29,34)(H,30,35)/t22-/m1/s1. The van der Waals surface area contributed by atoms with Crippen molar-refractivity contribution in [3.8, 4) is 5.75 Å². The summed E-state index contributed by atoms with van der Waals surface area (Å²) in [5.74, 6) is 1.09. The highest BCUT2D eigenvalue weighted by Crippen LogP contribution is 2.28. The van der Waals surface area contributed by atoms with E-state index in [4.69, 9.17) is 16.3 Å². The quantitative estimate of drug-likeness (QED) is 0.226. The van der Waals surface area contributed by atoms with E-state index >= 15 is 0 Å². The Labute approximate surface area is 226 Å². The summed E-state index contributed by atoms with van der Waals surface area (Å²) >= 11 is 7.50. The number of thioether (sulfide) groups is 1. The lowest BCUT2D eigenvalue weighted by atomic mass is 10.0. The number of anilines is 1. The molecule has 0 aliphatic heterocycles. The molecule has 0 spiro atoms. The number of aryl methyl sites for hydroxylation is 1. The molecule has 2 amide bonds. The third-order valence-corrected chi connectivity index (χ3v) is 6.76. The molecular formula is C27H32ClN5O3S. The zero-order chi connectivity index (χ0) is 26.9. The highest BCUT2D eigenvalue weighted by Gasteiger charge is 2.25. The molecule has 2 aromatic carbocycles. The third-order valence-electron chi connectivity index (χ3n) is 5.46. The van der Waals surface area contributed by atoms with Crippen molar-refractivity contribution in [1.82, 2.24) is 20.1 Å². The number of methoxy groups -OCH3 is 1. The average Bonchev–Trinajstić information content (AvgIpc) is 3.25. The second kappa shape index (κ2) is 13.3. The van der Waals surface area contributed by atoms with E-state index in [0.29, 0.717) is 46.0 Å². The van der Waals surface area contributed by atoms with Crippen LogP contribution in [0, 0.1) is 12.8 Å². The Morgan fingerprint density at radius 3 is 2.65 bits per heavy atom. The van der Waals surface area contributed by atoms with E-state index in [9.17, 15) is 9.59 Å². The average molecular weight is 542 g/mol. The monoisotopic (exact) mass is 541 g/mol. The molecule has 37 heavy (non-hydrogen) atoms. The summed E-state index contributed by atoms with van der Waals surface area (Å²) in [6.07, 6.45) is 2.38. The molecule has 0 fully saturated rings. The molecule has 0 saturated carbocycles. The number of hydrogen-bond donors (Lipinski definition) is 2. The molecule has 1 heterocycles. The number of amides is 2. The summed E-state index contributed by atoms with van der Waals surface area (Å²) in [6.45, 7) is 10.4. The summed E-state index contributed by atoms with van der Waals surface area (Å²) < 4.78 is 7.22. The fourth-order valence-corrected chi connectivity index (χ4v) is 4.76. The van der Waals surface area contributed by atoms with Gasteiger partial charge in [0.1, 0.15) is 5.75 Å². The van der Waals surface area contributed by atoms with Crippen molar-refractivity contribution in [1.29, 1.82) is 0 Å². The number of benzene rings is 2. The van der Waals surface area contributed by atoms with Crippen molar-refractivity contribution in [2.45, 2.75) is 44.9 Å². The van der Waals surface area contributed by atoms with Crippen molar-refractivity contribution >= 4 is 40.9 Å². The zero-order valence-corrected chi connectivity index (χ0v) is 23.0. The van der Waals surface area contributed by atoms with Crippen molar-refractivity contribution < 1.29 is 14.3 Å². The molecule has 0 saturated heterocycles. The second-order valence-corrected chi connectivity index (χ2v) is 10.3. The Hall–Kier alpha value is -3.30. The predicted molar refractivity (Wildman–Crippen MR) is 148 cm³/mol. The molecular weight excluding hydrogens is 510 g/mol.